The van der Waals surface area contributed by atoms with Crippen LogP contribution in [-0.2, 0) is 18.4 Å². The minimum atomic E-state index is -0.364. The highest BCUT2D eigenvalue weighted by Crippen LogP contribution is 2.12. The third kappa shape index (κ3) is 4.05. The number of hydrogen-bond acceptors (Lipinski definition) is 4. The molecule has 0 fully saturated rings. The number of amides is 1. The minimum Gasteiger partial charge on any atom is -0.350 e. The van der Waals surface area contributed by atoms with E-state index >= 15 is 0 Å². The standard InChI is InChI=1S/C12H16N4OS.ClH/c1-13-11(10-6-15-16(2)7-10)12(17)14-5-9-3-4-18-8-9;/h3-4,6-8,11,13H,5H2,1-2H3,(H,14,17);1H. The van der Waals surface area contributed by atoms with Gasteiger partial charge in [0.05, 0.1) is 6.20 Å². The third-order valence-corrected chi connectivity index (χ3v) is 3.39. The Morgan fingerprint density at radius 1 is 1.58 bits per heavy atom. The molecule has 1 unspecified atom stereocenters. The molecule has 0 aliphatic carbocycles. The van der Waals surface area contributed by atoms with Gasteiger partial charge in [0.15, 0.2) is 0 Å². The number of thiophene rings is 1. The van der Waals surface area contributed by atoms with Crippen molar-refractivity contribution in [1.29, 1.82) is 0 Å². The van der Waals surface area contributed by atoms with E-state index in [9.17, 15) is 4.79 Å². The van der Waals surface area contributed by atoms with Crippen molar-refractivity contribution in [2.24, 2.45) is 7.05 Å². The Labute approximate surface area is 122 Å². The van der Waals surface area contributed by atoms with Crippen LogP contribution >= 0.6 is 23.7 Å². The van der Waals surface area contributed by atoms with E-state index in [1.54, 1.807) is 29.3 Å². The molecule has 2 N–H and O–H groups in total. The molecule has 2 rings (SSSR count). The molecule has 0 aliphatic rings. The van der Waals surface area contributed by atoms with Crippen molar-refractivity contribution in [3.63, 3.8) is 0 Å². The maximum Gasteiger partial charge on any atom is 0.242 e. The Kier molecular flexibility index (Phi) is 6.01. The largest absolute Gasteiger partial charge is 0.350 e. The number of likely N-dealkylation sites (N-methyl/N-ethyl adjacent to an activating group) is 1. The molecular formula is C12H17ClN4OS. The summed E-state index contributed by atoms with van der Waals surface area (Å²) in [5.41, 5.74) is 1.98. The number of carbonyl (C=O) groups excluding carboxylic acids is 1. The molecule has 0 saturated carbocycles. The second kappa shape index (κ2) is 7.28. The Hall–Kier alpha value is -1.37. The summed E-state index contributed by atoms with van der Waals surface area (Å²) in [6.45, 7) is 0.556. The molecule has 0 aromatic carbocycles. The van der Waals surface area contributed by atoms with E-state index in [2.05, 4.69) is 15.7 Å². The number of rotatable bonds is 5. The first-order valence-electron chi connectivity index (χ1n) is 5.65. The smallest absolute Gasteiger partial charge is 0.242 e. The molecule has 2 aromatic rings. The molecule has 19 heavy (non-hydrogen) atoms. The molecular weight excluding hydrogens is 284 g/mol. The van der Waals surface area contributed by atoms with E-state index in [0.29, 0.717) is 6.54 Å². The van der Waals surface area contributed by atoms with Crippen molar-refractivity contribution in [3.8, 4) is 0 Å². The average molecular weight is 301 g/mol. The molecule has 1 atom stereocenters. The summed E-state index contributed by atoms with van der Waals surface area (Å²) in [4.78, 5) is 12.1. The summed E-state index contributed by atoms with van der Waals surface area (Å²) in [5.74, 6) is -0.0447. The Morgan fingerprint density at radius 2 is 2.37 bits per heavy atom. The summed E-state index contributed by atoms with van der Waals surface area (Å²) >= 11 is 1.62. The Bertz CT molecular complexity index is 512. The monoisotopic (exact) mass is 300 g/mol. The third-order valence-electron chi connectivity index (χ3n) is 2.66. The molecule has 0 spiro atoms. The second-order valence-electron chi connectivity index (χ2n) is 4.02. The first-order chi connectivity index (χ1) is 8.70. The topological polar surface area (TPSA) is 59.0 Å². The fourth-order valence-corrected chi connectivity index (χ4v) is 2.39. The molecule has 0 bridgehead atoms. The van der Waals surface area contributed by atoms with Crippen molar-refractivity contribution < 1.29 is 4.79 Å². The van der Waals surface area contributed by atoms with Crippen molar-refractivity contribution >= 4 is 29.7 Å². The van der Waals surface area contributed by atoms with Crippen LogP contribution in [0.15, 0.2) is 29.2 Å². The highest BCUT2D eigenvalue weighted by atomic mass is 35.5. The molecule has 7 heteroatoms. The maximum atomic E-state index is 12.1. The number of aromatic nitrogens is 2. The lowest BCUT2D eigenvalue weighted by Gasteiger charge is -2.14. The fraction of sp³-hybridized carbons (Fsp3) is 0.333. The number of nitrogens with one attached hydrogen (secondary N) is 2. The summed E-state index contributed by atoms with van der Waals surface area (Å²) < 4.78 is 1.69. The predicted molar refractivity (Wildman–Crippen MR) is 78.4 cm³/mol. The molecule has 0 aliphatic heterocycles. The van der Waals surface area contributed by atoms with Crippen LogP contribution in [0.5, 0.6) is 0 Å². The van der Waals surface area contributed by atoms with Crippen LogP contribution in [0.25, 0.3) is 0 Å². The van der Waals surface area contributed by atoms with E-state index in [1.165, 1.54) is 0 Å². The van der Waals surface area contributed by atoms with Gasteiger partial charge in [-0.05, 0) is 29.4 Å². The van der Waals surface area contributed by atoms with Crippen molar-refractivity contribution in [1.82, 2.24) is 20.4 Å². The first-order valence-corrected chi connectivity index (χ1v) is 6.59. The number of carbonyl (C=O) groups is 1. The minimum absolute atomic E-state index is 0. The van der Waals surface area contributed by atoms with Crippen LogP contribution in [0.4, 0.5) is 0 Å². The van der Waals surface area contributed by atoms with E-state index in [1.807, 2.05) is 30.1 Å². The Morgan fingerprint density at radius 3 is 2.89 bits per heavy atom. The van der Waals surface area contributed by atoms with E-state index in [4.69, 9.17) is 0 Å². The lowest BCUT2D eigenvalue weighted by atomic mass is 10.1. The second-order valence-corrected chi connectivity index (χ2v) is 4.80. The molecule has 0 radical (unpaired) electrons. The van der Waals surface area contributed by atoms with Gasteiger partial charge in [-0.2, -0.15) is 16.4 Å². The fourth-order valence-electron chi connectivity index (χ4n) is 1.72. The molecule has 5 nitrogen and oxygen atoms in total. The van der Waals surface area contributed by atoms with Crippen molar-refractivity contribution in [3.05, 3.63) is 40.3 Å². The van der Waals surface area contributed by atoms with Gasteiger partial charge in [-0.25, -0.2) is 0 Å². The lowest BCUT2D eigenvalue weighted by molar-refractivity contribution is -0.123. The van der Waals surface area contributed by atoms with Gasteiger partial charge in [-0.1, -0.05) is 0 Å². The van der Waals surface area contributed by atoms with Gasteiger partial charge in [0.2, 0.25) is 5.91 Å². The zero-order chi connectivity index (χ0) is 13.0. The van der Waals surface area contributed by atoms with Gasteiger partial charge >= 0.3 is 0 Å². The SMILES string of the molecule is CNC(C(=O)NCc1ccsc1)c1cnn(C)c1.Cl. The number of aryl methyl sites for hydroxylation is 1. The number of hydrogen-bond donors (Lipinski definition) is 2. The first kappa shape index (κ1) is 15.7. The molecule has 1 amide bonds. The van der Waals surface area contributed by atoms with E-state index in [0.717, 1.165) is 11.1 Å². The maximum absolute atomic E-state index is 12.1. The van der Waals surface area contributed by atoms with E-state index in [-0.39, 0.29) is 24.4 Å². The van der Waals surface area contributed by atoms with Gasteiger partial charge in [0.1, 0.15) is 6.04 Å². The highest BCUT2D eigenvalue weighted by Gasteiger charge is 2.19. The summed E-state index contributed by atoms with van der Waals surface area (Å²) in [6.07, 6.45) is 3.54. The van der Waals surface area contributed by atoms with Gasteiger partial charge in [0.25, 0.3) is 0 Å². The van der Waals surface area contributed by atoms with Crippen LogP contribution in [0.2, 0.25) is 0 Å². The van der Waals surface area contributed by atoms with Crippen LogP contribution in [0, 0.1) is 0 Å². The predicted octanol–water partition coefficient (Wildman–Crippen LogP) is 1.48. The van der Waals surface area contributed by atoms with Crippen molar-refractivity contribution in [2.45, 2.75) is 12.6 Å². The summed E-state index contributed by atoms with van der Waals surface area (Å²) in [7, 11) is 3.60. The van der Waals surface area contributed by atoms with Crippen LogP contribution in [0.3, 0.4) is 0 Å². The number of nitrogens with zero attached hydrogens (tertiary/aromatic N) is 2. The van der Waals surface area contributed by atoms with Gasteiger partial charge in [-0.15, -0.1) is 12.4 Å². The van der Waals surface area contributed by atoms with Crippen LogP contribution < -0.4 is 10.6 Å². The normalized spacial score (nSPS) is 11.7. The van der Waals surface area contributed by atoms with Crippen LogP contribution in [-0.4, -0.2) is 22.7 Å². The highest BCUT2D eigenvalue weighted by molar-refractivity contribution is 7.07. The summed E-state index contributed by atoms with van der Waals surface area (Å²) in [6, 6.07) is 1.64. The zero-order valence-electron chi connectivity index (χ0n) is 10.8. The quantitative estimate of drug-likeness (QED) is 0.879. The van der Waals surface area contributed by atoms with Crippen molar-refractivity contribution in [2.75, 3.05) is 7.05 Å². The summed E-state index contributed by atoms with van der Waals surface area (Å²) in [5, 5.41) is 14.0. The molecule has 104 valence electrons. The molecule has 2 aromatic heterocycles. The van der Waals surface area contributed by atoms with Gasteiger partial charge < -0.3 is 10.6 Å². The molecule has 2 heterocycles. The Balaban J connectivity index is 0.00000180. The lowest BCUT2D eigenvalue weighted by Crippen LogP contribution is -2.35. The number of halogens is 1. The van der Waals surface area contributed by atoms with Gasteiger partial charge in [0, 0.05) is 25.4 Å². The average Bonchev–Trinajstić information content (AvgIpc) is 2.99. The van der Waals surface area contributed by atoms with E-state index < -0.39 is 0 Å². The van der Waals surface area contributed by atoms with Gasteiger partial charge in [-0.3, -0.25) is 9.48 Å². The molecule has 0 saturated heterocycles. The van der Waals surface area contributed by atoms with Crippen LogP contribution in [0.1, 0.15) is 17.2 Å². The zero-order valence-corrected chi connectivity index (χ0v) is 12.4.